The van der Waals surface area contributed by atoms with Gasteiger partial charge >= 0.3 is 11.9 Å². The van der Waals surface area contributed by atoms with Gasteiger partial charge < -0.3 is 19.5 Å². The van der Waals surface area contributed by atoms with E-state index in [-0.39, 0.29) is 40.2 Å². The maximum Gasteiger partial charge on any atom is 0.348 e. The van der Waals surface area contributed by atoms with Crippen molar-refractivity contribution in [3.63, 3.8) is 0 Å². The van der Waals surface area contributed by atoms with Crippen molar-refractivity contribution in [3.05, 3.63) is 64.6 Å². The van der Waals surface area contributed by atoms with Crippen LogP contribution in [-0.2, 0) is 20.8 Å². The molecule has 0 radical (unpaired) electrons. The highest BCUT2D eigenvalue weighted by Gasteiger charge is 2.27. The molecule has 10 nitrogen and oxygen atoms in total. The number of anilines is 1. The fourth-order valence-electron chi connectivity index (χ4n) is 3.51. The van der Waals surface area contributed by atoms with E-state index in [4.69, 9.17) is 14.2 Å². The van der Waals surface area contributed by atoms with Crippen LogP contribution in [0.15, 0.2) is 42.1 Å². The first-order valence-electron chi connectivity index (χ1n) is 12.1. The second kappa shape index (κ2) is 13.9. The van der Waals surface area contributed by atoms with Crippen LogP contribution in [0.4, 0.5) is 9.39 Å². The van der Waals surface area contributed by atoms with E-state index in [1.807, 2.05) is 0 Å². The van der Waals surface area contributed by atoms with Gasteiger partial charge in [-0.1, -0.05) is 17.8 Å². The maximum absolute atomic E-state index is 13.2. The van der Waals surface area contributed by atoms with E-state index in [9.17, 15) is 18.8 Å². The number of aromatic nitrogens is 3. The number of thioether (sulfide) groups is 1. The van der Waals surface area contributed by atoms with Gasteiger partial charge in [0.25, 0.3) is 0 Å². The van der Waals surface area contributed by atoms with Gasteiger partial charge in [0, 0.05) is 6.54 Å². The summed E-state index contributed by atoms with van der Waals surface area (Å²) in [5, 5.41) is 11.8. The van der Waals surface area contributed by atoms with E-state index < -0.39 is 23.9 Å². The van der Waals surface area contributed by atoms with Crippen molar-refractivity contribution >= 4 is 45.9 Å². The molecule has 13 heteroatoms. The number of amides is 1. The van der Waals surface area contributed by atoms with E-state index in [1.165, 1.54) is 24.3 Å². The first-order valence-corrected chi connectivity index (χ1v) is 13.9. The molecule has 1 unspecified atom stereocenters. The summed E-state index contributed by atoms with van der Waals surface area (Å²) in [6, 6.07) is 5.64. The molecule has 0 bridgehead atoms. The number of nitrogens with one attached hydrogen (secondary N) is 1. The van der Waals surface area contributed by atoms with Gasteiger partial charge in [0.15, 0.2) is 17.1 Å². The van der Waals surface area contributed by atoms with Crippen molar-refractivity contribution in [2.75, 3.05) is 24.3 Å². The summed E-state index contributed by atoms with van der Waals surface area (Å²) >= 11 is 2.09. The zero-order chi connectivity index (χ0) is 28.5. The molecule has 1 N–H and O–H groups in total. The average Bonchev–Trinajstić information content (AvgIpc) is 3.45. The second-order valence-electron chi connectivity index (χ2n) is 7.99. The third-order valence-electron chi connectivity index (χ3n) is 5.22. The number of halogens is 1. The Labute approximate surface area is 233 Å². The van der Waals surface area contributed by atoms with E-state index >= 15 is 0 Å². The third-order valence-corrected chi connectivity index (χ3v) is 7.37. The summed E-state index contributed by atoms with van der Waals surface area (Å²) in [4.78, 5) is 38.0. The third kappa shape index (κ3) is 7.45. The molecule has 2 aromatic heterocycles. The van der Waals surface area contributed by atoms with E-state index in [2.05, 4.69) is 22.1 Å². The van der Waals surface area contributed by atoms with E-state index in [0.29, 0.717) is 28.8 Å². The van der Waals surface area contributed by atoms with Crippen molar-refractivity contribution in [2.24, 2.45) is 0 Å². The Balaban J connectivity index is 1.75. The Morgan fingerprint density at radius 3 is 2.46 bits per heavy atom. The summed E-state index contributed by atoms with van der Waals surface area (Å²) in [7, 11) is 0. The SMILES string of the molecule is C=CCn1c(SCC(=O)Nc2sc(C(=O)OCC)c(C)c2C(=O)OCC)nnc1C(C)Oc1ccc(F)cc1. The van der Waals surface area contributed by atoms with Crippen molar-refractivity contribution < 1.29 is 33.0 Å². The molecular formula is C26H29FN4O6S2. The van der Waals surface area contributed by atoms with Crippen LogP contribution < -0.4 is 10.1 Å². The number of ether oxygens (including phenoxy) is 3. The molecular weight excluding hydrogens is 547 g/mol. The van der Waals surface area contributed by atoms with E-state index in [1.54, 1.807) is 38.3 Å². The highest BCUT2D eigenvalue weighted by molar-refractivity contribution is 7.99. The number of nitrogens with zero attached hydrogens (tertiary/aromatic N) is 3. The van der Waals surface area contributed by atoms with Crippen LogP contribution in [0.3, 0.4) is 0 Å². The molecule has 3 aromatic rings. The standard InChI is InChI=1S/C26H29FN4O6S2/c1-6-13-31-22(16(5)37-18-11-9-17(27)10-12-18)29-30-26(31)38-14-19(32)28-23-20(24(33)35-7-2)15(4)21(39-23)25(34)36-8-3/h6,9-12,16H,1,7-8,13-14H2,2-5H3,(H,28,32). The zero-order valence-electron chi connectivity index (χ0n) is 22.0. The minimum Gasteiger partial charge on any atom is -0.483 e. The number of carbonyl (C=O) groups excluding carboxylic acids is 3. The molecule has 0 spiro atoms. The first-order chi connectivity index (χ1) is 18.7. The predicted molar refractivity (Wildman–Crippen MR) is 146 cm³/mol. The summed E-state index contributed by atoms with van der Waals surface area (Å²) in [5.74, 6) is -1.11. The van der Waals surface area contributed by atoms with Gasteiger partial charge in [-0.2, -0.15) is 0 Å². The highest BCUT2D eigenvalue weighted by atomic mass is 32.2. The summed E-state index contributed by atoms with van der Waals surface area (Å²) in [6.45, 7) is 11.2. The molecule has 2 heterocycles. The molecule has 208 valence electrons. The molecule has 0 aliphatic carbocycles. The Morgan fingerprint density at radius 2 is 1.82 bits per heavy atom. The fourth-order valence-corrected chi connectivity index (χ4v) is 5.37. The summed E-state index contributed by atoms with van der Waals surface area (Å²) < 4.78 is 31.1. The van der Waals surface area contributed by atoms with Gasteiger partial charge in [-0.15, -0.1) is 28.1 Å². The second-order valence-corrected chi connectivity index (χ2v) is 9.96. The number of allylic oxidation sites excluding steroid dienone is 1. The number of benzene rings is 1. The fraction of sp³-hybridized carbons (Fsp3) is 0.346. The Kier molecular flexibility index (Phi) is 10.6. The van der Waals surface area contributed by atoms with Gasteiger partial charge in [-0.3, -0.25) is 9.36 Å². The average molecular weight is 577 g/mol. The number of hydrogen-bond donors (Lipinski definition) is 1. The molecule has 39 heavy (non-hydrogen) atoms. The zero-order valence-corrected chi connectivity index (χ0v) is 23.6. The van der Waals surface area contributed by atoms with Crippen molar-refractivity contribution in [1.29, 1.82) is 0 Å². The van der Waals surface area contributed by atoms with Crippen LogP contribution in [0.5, 0.6) is 5.75 Å². The number of thiophene rings is 1. The monoisotopic (exact) mass is 576 g/mol. The molecule has 1 amide bonds. The molecule has 1 aromatic carbocycles. The van der Waals surface area contributed by atoms with E-state index in [0.717, 1.165) is 23.1 Å². The number of rotatable bonds is 13. The van der Waals surface area contributed by atoms with Gasteiger partial charge in [-0.25, -0.2) is 14.0 Å². The van der Waals surface area contributed by atoms with Crippen molar-refractivity contribution in [2.45, 2.75) is 45.5 Å². The van der Waals surface area contributed by atoms with Gasteiger partial charge in [0.1, 0.15) is 21.4 Å². The Morgan fingerprint density at radius 1 is 1.15 bits per heavy atom. The van der Waals surface area contributed by atoms with Crippen molar-refractivity contribution in [1.82, 2.24) is 14.8 Å². The van der Waals surface area contributed by atoms with Gasteiger partial charge in [-0.05, 0) is 57.5 Å². The number of carbonyl (C=O) groups is 3. The quantitative estimate of drug-likeness (QED) is 0.166. The topological polar surface area (TPSA) is 122 Å². The highest BCUT2D eigenvalue weighted by Crippen LogP contribution is 2.35. The lowest BCUT2D eigenvalue weighted by Gasteiger charge is -2.15. The van der Waals surface area contributed by atoms with Gasteiger partial charge in [0.05, 0.1) is 24.5 Å². The van der Waals surface area contributed by atoms with Crippen molar-refractivity contribution in [3.8, 4) is 5.75 Å². The normalized spacial score (nSPS) is 11.5. The molecule has 0 saturated heterocycles. The smallest absolute Gasteiger partial charge is 0.348 e. The molecule has 0 aliphatic heterocycles. The minimum absolute atomic E-state index is 0.0591. The molecule has 0 saturated carbocycles. The molecule has 3 rings (SSSR count). The lowest BCUT2D eigenvalue weighted by atomic mass is 10.1. The molecule has 0 fully saturated rings. The van der Waals surface area contributed by atoms with Crippen LogP contribution in [0.2, 0.25) is 0 Å². The maximum atomic E-state index is 13.2. The minimum atomic E-state index is -0.643. The Bertz CT molecular complexity index is 1340. The Hall–Kier alpha value is -3.71. The molecule has 0 aliphatic rings. The first kappa shape index (κ1) is 29.8. The predicted octanol–water partition coefficient (Wildman–Crippen LogP) is 5.20. The van der Waals surface area contributed by atoms with Crippen LogP contribution in [0.1, 0.15) is 58.3 Å². The van der Waals surface area contributed by atoms with Gasteiger partial charge in [0.2, 0.25) is 5.91 Å². The van der Waals surface area contributed by atoms with Crippen LogP contribution in [0.25, 0.3) is 0 Å². The van der Waals surface area contributed by atoms with Crippen LogP contribution >= 0.6 is 23.1 Å². The summed E-state index contributed by atoms with van der Waals surface area (Å²) in [6.07, 6.45) is 1.15. The lowest BCUT2D eigenvalue weighted by molar-refractivity contribution is -0.113. The largest absolute Gasteiger partial charge is 0.483 e. The number of esters is 2. The van der Waals surface area contributed by atoms with Crippen LogP contribution in [-0.4, -0.2) is 51.6 Å². The lowest BCUT2D eigenvalue weighted by Crippen LogP contribution is -2.17. The number of hydrogen-bond acceptors (Lipinski definition) is 10. The summed E-state index contributed by atoms with van der Waals surface area (Å²) in [5.41, 5.74) is 0.498. The molecule has 1 atom stereocenters. The van der Waals surface area contributed by atoms with Crippen LogP contribution in [0, 0.1) is 12.7 Å².